The van der Waals surface area contributed by atoms with E-state index in [2.05, 4.69) is 50.3 Å². The number of unbranched alkanes of at least 4 members (excludes halogenated alkanes) is 1. The lowest BCUT2D eigenvalue weighted by Gasteiger charge is -1.84. The summed E-state index contributed by atoms with van der Waals surface area (Å²) in [6.07, 6.45) is 17.7. The second-order valence-electron chi connectivity index (χ2n) is 2.77. The molecule has 0 rings (SSSR count). The van der Waals surface area contributed by atoms with Crippen LogP contribution >= 0.6 is 0 Å². The molecule has 0 nitrogen and oxygen atoms in total. The molecule has 0 amide bonds. The minimum absolute atomic E-state index is 1.07. The van der Waals surface area contributed by atoms with Crippen LogP contribution in [0.25, 0.3) is 0 Å². The maximum Gasteiger partial charge on any atom is -0.0169 e. The summed E-state index contributed by atoms with van der Waals surface area (Å²) < 4.78 is 0. The molecule has 0 heteroatoms. The Labute approximate surface area is 76.7 Å². The molecule has 0 heterocycles. The minimum atomic E-state index is 1.07. The van der Waals surface area contributed by atoms with E-state index in [0.29, 0.717) is 0 Å². The fraction of sp³-hybridized carbons (Fsp3) is 0.500. The largest absolute Gasteiger partial charge is 0.0914 e. The maximum absolute atomic E-state index is 2.25. The SMILES string of the molecule is C/C=C/C/C=C/C/C=C/CCC. The first kappa shape index (κ1) is 11.2. The fourth-order valence-electron chi connectivity index (χ4n) is 0.866. The van der Waals surface area contributed by atoms with Crippen LogP contribution in [0.5, 0.6) is 0 Å². The highest BCUT2D eigenvalue weighted by atomic mass is 13.8. The summed E-state index contributed by atoms with van der Waals surface area (Å²) in [5, 5.41) is 0. The van der Waals surface area contributed by atoms with Gasteiger partial charge < -0.3 is 0 Å². The predicted molar refractivity (Wildman–Crippen MR) is 57.2 cm³/mol. The van der Waals surface area contributed by atoms with Crippen molar-refractivity contribution in [1.29, 1.82) is 0 Å². The standard InChI is InChI=1S/C12H20/c1-3-5-7-9-11-12-10-8-6-4-2/h3,5,8-11H,4,6-7,12H2,1-2H3/b5-3+,10-8+,11-9+. The number of allylic oxidation sites excluding steroid dienone is 6. The molecule has 0 radical (unpaired) electrons. The van der Waals surface area contributed by atoms with E-state index in [9.17, 15) is 0 Å². The van der Waals surface area contributed by atoms with Crippen molar-refractivity contribution in [3.8, 4) is 0 Å². The fourth-order valence-corrected chi connectivity index (χ4v) is 0.866. The highest BCUT2D eigenvalue weighted by Gasteiger charge is 1.73. The second-order valence-corrected chi connectivity index (χ2v) is 2.77. The molecule has 0 atom stereocenters. The number of hydrogen-bond acceptors (Lipinski definition) is 0. The zero-order valence-corrected chi connectivity index (χ0v) is 8.29. The van der Waals surface area contributed by atoms with Crippen molar-refractivity contribution in [2.75, 3.05) is 0 Å². The van der Waals surface area contributed by atoms with Crippen LogP contribution in [0.3, 0.4) is 0 Å². The van der Waals surface area contributed by atoms with Gasteiger partial charge in [0.25, 0.3) is 0 Å². The summed E-state index contributed by atoms with van der Waals surface area (Å²) in [4.78, 5) is 0. The van der Waals surface area contributed by atoms with Crippen molar-refractivity contribution in [3.63, 3.8) is 0 Å². The molecule has 0 aliphatic heterocycles. The molecule has 0 bridgehead atoms. The zero-order chi connectivity index (χ0) is 9.07. The van der Waals surface area contributed by atoms with Crippen molar-refractivity contribution in [1.82, 2.24) is 0 Å². The van der Waals surface area contributed by atoms with Gasteiger partial charge in [-0.05, 0) is 26.2 Å². The Morgan fingerprint density at radius 1 is 0.833 bits per heavy atom. The van der Waals surface area contributed by atoms with Gasteiger partial charge in [-0.25, -0.2) is 0 Å². The smallest absolute Gasteiger partial charge is 0.0169 e. The molecule has 0 aliphatic rings. The predicted octanol–water partition coefficient (Wildman–Crippen LogP) is 4.26. The van der Waals surface area contributed by atoms with Gasteiger partial charge >= 0.3 is 0 Å². The van der Waals surface area contributed by atoms with Crippen LogP contribution in [0, 0.1) is 0 Å². The summed E-state index contributed by atoms with van der Waals surface area (Å²) in [5.41, 5.74) is 0. The first-order valence-corrected chi connectivity index (χ1v) is 4.83. The summed E-state index contributed by atoms with van der Waals surface area (Å²) in [6, 6.07) is 0. The quantitative estimate of drug-likeness (QED) is 0.515. The lowest BCUT2D eigenvalue weighted by molar-refractivity contribution is 0.954. The van der Waals surface area contributed by atoms with Crippen molar-refractivity contribution < 1.29 is 0 Å². The Kier molecular flexibility index (Phi) is 9.56. The van der Waals surface area contributed by atoms with E-state index >= 15 is 0 Å². The van der Waals surface area contributed by atoms with Gasteiger partial charge in [0, 0.05) is 0 Å². The Hall–Kier alpha value is -0.780. The molecule has 0 aliphatic carbocycles. The molecule has 0 aromatic carbocycles. The van der Waals surface area contributed by atoms with Crippen LogP contribution in [-0.4, -0.2) is 0 Å². The molecule has 0 saturated carbocycles. The van der Waals surface area contributed by atoms with E-state index in [-0.39, 0.29) is 0 Å². The normalized spacial score (nSPS) is 12.5. The second kappa shape index (κ2) is 10.2. The average Bonchev–Trinajstić information content (AvgIpc) is 2.10. The van der Waals surface area contributed by atoms with E-state index in [1.165, 1.54) is 12.8 Å². The molecule has 12 heavy (non-hydrogen) atoms. The molecule has 0 saturated heterocycles. The molecule has 0 fully saturated rings. The maximum atomic E-state index is 2.25. The lowest BCUT2D eigenvalue weighted by atomic mass is 10.2. The number of hydrogen-bond donors (Lipinski definition) is 0. The van der Waals surface area contributed by atoms with Gasteiger partial charge in [-0.15, -0.1) is 0 Å². The molecule has 0 unspecified atom stereocenters. The highest BCUT2D eigenvalue weighted by molar-refractivity contribution is 4.96. The van der Waals surface area contributed by atoms with E-state index in [1.807, 2.05) is 0 Å². The highest BCUT2D eigenvalue weighted by Crippen LogP contribution is 1.93. The zero-order valence-electron chi connectivity index (χ0n) is 8.29. The summed E-state index contributed by atoms with van der Waals surface area (Å²) in [6.45, 7) is 4.25. The third-order valence-electron chi connectivity index (χ3n) is 1.57. The van der Waals surface area contributed by atoms with Gasteiger partial charge in [-0.1, -0.05) is 49.8 Å². The van der Waals surface area contributed by atoms with Gasteiger partial charge in [0.2, 0.25) is 0 Å². The molecule has 0 N–H and O–H groups in total. The van der Waals surface area contributed by atoms with Crippen LogP contribution in [0.2, 0.25) is 0 Å². The van der Waals surface area contributed by atoms with Gasteiger partial charge in [-0.3, -0.25) is 0 Å². The van der Waals surface area contributed by atoms with Crippen molar-refractivity contribution in [3.05, 3.63) is 36.5 Å². The summed E-state index contributed by atoms with van der Waals surface area (Å²) >= 11 is 0. The average molecular weight is 164 g/mol. The Balaban J connectivity index is 3.23. The van der Waals surface area contributed by atoms with Crippen LogP contribution < -0.4 is 0 Å². The third-order valence-corrected chi connectivity index (χ3v) is 1.57. The molecular formula is C12H20. The van der Waals surface area contributed by atoms with E-state index in [1.54, 1.807) is 0 Å². The van der Waals surface area contributed by atoms with Crippen molar-refractivity contribution >= 4 is 0 Å². The van der Waals surface area contributed by atoms with Crippen molar-refractivity contribution in [2.45, 2.75) is 39.5 Å². The first-order chi connectivity index (χ1) is 5.91. The molecular weight excluding hydrogens is 144 g/mol. The third kappa shape index (κ3) is 9.22. The van der Waals surface area contributed by atoms with E-state index in [0.717, 1.165) is 12.8 Å². The van der Waals surface area contributed by atoms with Crippen LogP contribution in [-0.2, 0) is 0 Å². The van der Waals surface area contributed by atoms with Crippen LogP contribution in [0.15, 0.2) is 36.5 Å². The number of rotatable bonds is 6. The Morgan fingerprint density at radius 3 is 2.00 bits per heavy atom. The summed E-state index contributed by atoms with van der Waals surface area (Å²) in [7, 11) is 0. The first-order valence-electron chi connectivity index (χ1n) is 4.83. The van der Waals surface area contributed by atoms with E-state index in [4.69, 9.17) is 0 Å². The van der Waals surface area contributed by atoms with Crippen LogP contribution in [0.1, 0.15) is 39.5 Å². The van der Waals surface area contributed by atoms with E-state index < -0.39 is 0 Å². The minimum Gasteiger partial charge on any atom is -0.0914 e. The van der Waals surface area contributed by atoms with Crippen molar-refractivity contribution in [2.24, 2.45) is 0 Å². The molecule has 68 valence electrons. The molecule has 0 aromatic rings. The Bertz CT molecular complexity index is 149. The van der Waals surface area contributed by atoms with Gasteiger partial charge in [-0.2, -0.15) is 0 Å². The van der Waals surface area contributed by atoms with Crippen LogP contribution in [0.4, 0.5) is 0 Å². The van der Waals surface area contributed by atoms with Gasteiger partial charge in [0.15, 0.2) is 0 Å². The topological polar surface area (TPSA) is 0 Å². The molecule has 0 aromatic heterocycles. The van der Waals surface area contributed by atoms with Gasteiger partial charge in [0.1, 0.15) is 0 Å². The van der Waals surface area contributed by atoms with Gasteiger partial charge in [0.05, 0.1) is 0 Å². The lowest BCUT2D eigenvalue weighted by Crippen LogP contribution is -1.63. The monoisotopic (exact) mass is 164 g/mol. The Morgan fingerprint density at radius 2 is 1.42 bits per heavy atom. The summed E-state index contributed by atoms with van der Waals surface area (Å²) in [5.74, 6) is 0. The molecule has 0 spiro atoms.